The largest absolute Gasteiger partial charge is 0.356 e. The van der Waals surface area contributed by atoms with Crippen molar-refractivity contribution in [3.05, 3.63) is 41.2 Å². The predicted molar refractivity (Wildman–Crippen MR) is 119 cm³/mol. The summed E-state index contributed by atoms with van der Waals surface area (Å²) < 4.78 is 13.3. The molecule has 0 aromatic heterocycles. The zero-order valence-corrected chi connectivity index (χ0v) is 18.5. The van der Waals surface area contributed by atoms with Crippen LogP contribution in [0.1, 0.15) is 96.1 Å². The van der Waals surface area contributed by atoms with E-state index in [-0.39, 0.29) is 17.6 Å². The molecular weight excluding hydrogens is 349 g/mol. The highest BCUT2D eigenvalue weighted by Crippen LogP contribution is 2.23. The molecule has 2 rings (SSSR count). The van der Waals surface area contributed by atoms with Crippen LogP contribution in [0.4, 0.5) is 4.39 Å². The zero-order chi connectivity index (χ0) is 20.8. The van der Waals surface area contributed by atoms with E-state index in [4.69, 9.17) is 0 Å². The molecule has 1 aromatic rings. The van der Waals surface area contributed by atoms with Crippen molar-refractivity contribution in [2.75, 3.05) is 6.54 Å². The van der Waals surface area contributed by atoms with E-state index < -0.39 is 0 Å². The van der Waals surface area contributed by atoms with Gasteiger partial charge in [-0.25, -0.2) is 4.39 Å². The van der Waals surface area contributed by atoms with E-state index in [9.17, 15) is 9.18 Å². The normalized spacial score (nSPS) is 14.5. The average molecular weight is 390 g/mol. The molecule has 1 atom stereocenters. The van der Waals surface area contributed by atoms with Crippen LogP contribution >= 0.6 is 0 Å². The number of unbranched alkanes of at least 4 members (excludes halogenated alkanes) is 2. The minimum atomic E-state index is -0.204. The van der Waals surface area contributed by atoms with Gasteiger partial charge in [0, 0.05) is 12.5 Å². The van der Waals surface area contributed by atoms with Gasteiger partial charge >= 0.3 is 0 Å². The average Bonchev–Trinajstić information content (AvgIpc) is 2.61. The quantitative estimate of drug-likeness (QED) is 0.450. The third kappa shape index (κ3) is 9.52. The van der Waals surface area contributed by atoms with Crippen LogP contribution in [-0.2, 0) is 4.79 Å². The van der Waals surface area contributed by atoms with E-state index in [2.05, 4.69) is 25.2 Å². The number of hydrogen-bond acceptors (Lipinski definition) is 1. The highest BCUT2D eigenvalue weighted by atomic mass is 19.1. The number of benzene rings is 1. The van der Waals surface area contributed by atoms with Gasteiger partial charge in [-0.05, 0) is 55.0 Å². The topological polar surface area (TPSA) is 29.1 Å². The third-order valence-electron chi connectivity index (χ3n) is 5.35. The van der Waals surface area contributed by atoms with E-state index in [0.717, 1.165) is 49.7 Å². The van der Waals surface area contributed by atoms with Crippen molar-refractivity contribution in [2.45, 2.75) is 91.9 Å². The summed E-state index contributed by atoms with van der Waals surface area (Å²) in [5, 5.41) is 3.04. The molecule has 1 aliphatic carbocycles. The van der Waals surface area contributed by atoms with Crippen molar-refractivity contribution >= 4 is 11.5 Å². The number of amides is 1. The summed E-state index contributed by atoms with van der Waals surface area (Å²) in [5.74, 6) is -0.00107. The second kappa shape index (κ2) is 14.4. The van der Waals surface area contributed by atoms with E-state index in [1.807, 2.05) is 19.9 Å². The Morgan fingerprint density at radius 2 is 1.86 bits per heavy atom. The van der Waals surface area contributed by atoms with Crippen molar-refractivity contribution in [2.24, 2.45) is 5.92 Å². The SMILES string of the molecule is C1CCC1.CCC/C=C(/CCNC(=O)C(C)CCCC)c1ccc(F)cc1C. The monoisotopic (exact) mass is 389 g/mol. The van der Waals surface area contributed by atoms with E-state index in [1.165, 1.54) is 37.3 Å². The van der Waals surface area contributed by atoms with Crippen molar-refractivity contribution in [3.63, 3.8) is 0 Å². The number of allylic oxidation sites excluding steroid dienone is 1. The first-order valence-electron chi connectivity index (χ1n) is 11.2. The molecule has 0 saturated heterocycles. The Morgan fingerprint density at radius 1 is 1.18 bits per heavy atom. The highest BCUT2D eigenvalue weighted by molar-refractivity contribution is 5.78. The van der Waals surface area contributed by atoms with Crippen LogP contribution in [0.25, 0.3) is 5.57 Å². The fourth-order valence-electron chi connectivity index (χ4n) is 3.04. The summed E-state index contributed by atoms with van der Waals surface area (Å²) in [7, 11) is 0. The summed E-state index contributed by atoms with van der Waals surface area (Å²) in [6.07, 6.45) is 14.2. The second-order valence-electron chi connectivity index (χ2n) is 7.98. The summed E-state index contributed by atoms with van der Waals surface area (Å²) in [6.45, 7) is 8.83. The van der Waals surface area contributed by atoms with Crippen molar-refractivity contribution in [1.82, 2.24) is 5.32 Å². The summed E-state index contributed by atoms with van der Waals surface area (Å²) in [5.41, 5.74) is 3.22. The van der Waals surface area contributed by atoms with Gasteiger partial charge in [-0.15, -0.1) is 0 Å². The van der Waals surface area contributed by atoms with Crippen LogP contribution in [-0.4, -0.2) is 12.5 Å². The lowest BCUT2D eigenvalue weighted by Gasteiger charge is -2.14. The highest BCUT2D eigenvalue weighted by Gasteiger charge is 2.12. The lowest BCUT2D eigenvalue weighted by atomic mass is 9.96. The molecule has 1 unspecified atom stereocenters. The fourth-order valence-corrected chi connectivity index (χ4v) is 3.04. The first-order valence-corrected chi connectivity index (χ1v) is 11.2. The van der Waals surface area contributed by atoms with E-state index in [0.29, 0.717) is 6.54 Å². The van der Waals surface area contributed by atoms with Crippen LogP contribution in [0.5, 0.6) is 0 Å². The van der Waals surface area contributed by atoms with Gasteiger partial charge in [0.1, 0.15) is 5.82 Å². The lowest BCUT2D eigenvalue weighted by molar-refractivity contribution is -0.124. The second-order valence-corrected chi connectivity index (χ2v) is 7.98. The van der Waals surface area contributed by atoms with Crippen LogP contribution in [0.15, 0.2) is 24.3 Å². The molecule has 1 amide bonds. The number of carbonyl (C=O) groups is 1. The molecule has 0 heterocycles. The molecule has 1 aromatic carbocycles. The Hall–Kier alpha value is -1.64. The van der Waals surface area contributed by atoms with Crippen LogP contribution in [0.3, 0.4) is 0 Å². The maximum atomic E-state index is 13.3. The molecule has 1 N–H and O–H groups in total. The number of hydrogen-bond donors (Lipinski definition) is 1. The molecular formula is C25H40FNO. The molecule has 0 aliphatic heterocycles. The zero-order valence-electron chi connectivity index (χ0n) is 18.5. The van der Waals surface area contributed by atoms with Crippen molar-refractivity contribution < 1.29 is 9.18 Å². The van der Waals surface area contributed by atoms with Gasteiger partial charge in [0.2, 0.25) is 5.91 Å². The Bertz CT molecular complexity index is 601. The van der Waals surface area contributed by atoms with E-state index in [1.54, 1.807) is 6.07 Å². The fraction of sp³-hybridized carbons (Fsp3) is 0.640. The van der Waals surface area contributed by atoms with Gasteiger partial charge in [-0.1, -0.05) is 77.9 Å². The van der Waals surface area contributed by atoms with Gasteiger partial charge in [0.15, 0.2) is 0 Å². The smallest absolute Gasteiger partial charge is 0.222 e. The summed E-state index contributed by atoms with van der Waals surface area (Å²) >= 11 is 0. The van der Waals surface area contributed by atoms with Crippen molar-refractivity contribution in [1.29, 1.82) is 0 Å². The van der Waals surface area contributed by atoms with Gasteiger partial charge < -0.3 is 5.32 Å². The maximum Gasteiger partial charge on any atom is 0.222 e. The van der Waals surface area contributed by atoms with Crippen LogP contribution in [0.2, 0.25) is 0 Å². The molecule has 28 heavy (non-hydrogen) atoms. The Kier molecular flexibility index (Phi) is 12.5. The van der Waals surface area contributed by atoms with Gasteiger partial charge in [0.05, 0.1) is 0 Å². The van der Waals surface area contributed by atoms with Crippen molar-refractivity contribution in [3.8, 4) is 0 Å². The lowest BCUT2D eigenvalue weighted by Crippen LogP contribution is -2.30. The first-order chi connectivity index (χ1) is 13.5. The molecule has 158 valence electrons. The minimum Gasteiger partial charge on any atom is -0.356 e. The first kappa shape index (κ1) is 24.4. The maximum absolute atomic E-state index is 13.3. The third-order valence-corrected chi connectivity index (χ3v) is 5.35. The standard InChI is InChI=1S/C21H32FNO.C4H8/c1-5-7-9-16(3)21(24)23-14-13-18(10-8-6-2)20-12-11-19(22)15-17(20)4;1-2-4-3-1/h10-12,15-16H,5-9,13-14H2,1-4H3,(H,23,24);1-4H2/b18-10-;. The molecule has 0 bridgehead atoms. The van der Waals surface area contributed by atoms with Gasteiger partial charge in [-0.2, -0.15) is 0 Å². The summed E-state index contributed by atoms with van der Waals surface area (Å²) in [4.78, 5) is 12.1. The number of halogens is 1. The molecule has 1 saturated carbocycles. The Labute approximate surface area is 172 Å². The van der Waals surface area contributed by atoms with Crippen LogP contribution < -0.4 is 5.32 Å². The molecule has 0 spiro atoms. The minimum absolute atomic E-state index is 0.0700. The number of aryl methyl sites for hydroxylation is 1. The number of rotatable bonds is 10. The molecule has 3 heteroatoms. The molecule has 2 nitrogen and oxygen atoms in total. The number of carbonyl (C=O) groups excluding carboxylic acids is 1. The Balaban J connectivity index is 0.000000863. The van der Waals surface area contributed by atoms with E-state index >= 15 is 0 Å². The Morgan fingerprint density at radius 3 is 2.39 bits per heavy atom. The van der Waals surface area contributed by atoms with Gasteiger partial charge in [0.25, 0.3) is 0 Å². The summed E-state index contributed by atoms with van der Waals surface area (Å²) in [6, 6.07) is 4.92. The molecule has 1 aliphatic rings. The van der Waals surface area contributed by atoms with Crippen LogP contribution in [0, 0.1) is 18.7 Å². The number of nitrogens with one attached hydrogen (secondary N) is 1. The molecule has 1 fully saturated rings. The predicted octanol–water partition coefficient (Wildman–Crippen LogP) is 7.21. The van der Waals surface area contributed by atoms with Gasteiger partial charge in [-0.3, -0.25) is 4.79 Å². The molecule has 0 radical (unpaired) electrons.